The van der Waals surface area contributed by atoms with Gasteiger partial charge in [-0.1, -0.05) is 36.6 Å². The molecule has 1 saturated carbocycles. The van der Waals surface area contributed by atoms with Crippen molar-refractivity contribution in [3.05, 3.63) is 34.9 Å². The molecule has 16 heavy (non-hydrogen) atoms. The SMILES string of the molecule is OCCNC1(c2cccc(Cl)c2)CCCC1. The Bertz CT molecular complexity index is 348. The lowest BCUT2D eigenvalue weighted by Crippen LogP contribution is -2.41. The smallest absolute Gasteiger partial charge is 0.0556 e. The molecule has 0 atom stereocenters. The lowest BCUT2D eigenvalue weighted by Gasteiger charge is -2.31. The second kappa shape index (κ2) is 5.17. The molecule has 0 bridgehead atoms. The van der Waals surface area contributed by atoms with Crippen molar-refractivity contribution < 1.29 is 5.11 Å². The maximum Gasteiger partial charge on any atom is 0.0556 e. The van der Waals surface area contributed by atoms with Crippen LogP contribution in [0.4, 0.5) is 0 Å². The second-order valence-electron chi connectivity index (χ2n) is 4.45. The van der Waals surface area contributed by atoms with E-state index in [2.05, 4.69) is 11.4 Å². The predicted molar refractivity (Wildman–Crippen MR) is 66.7 cm³/mol. The molecule has 0 saturated heterocycles. The third-order valence-corrected chi connectivity index (χ3v) is 3.64. The molecule has 0 amide bonds. The summed E-state index contributed by atoms with van der Waals surface area (Å²) in [5.41, 5.74) is 1.29. The van der Waals surface area contributed by atoms with E-state index in [-0.39, 0.29) is 12.1 Å². The average molecular weight is 240 g/mol. The van der Waals surface area contributed by atoms with E-state index in [4.69, 9.17) is 16.7 Å². The fourth-order valence-corrected chi connectivity index (χ4v) is 2.82. The molecule has 1 aliphatic carbocycles. The molecular formula is C13H18ClNO. The topological polar surface area (TPSA) is 32.3 Å². The van der Waals surface area contributed by atoms with E-state index in [0.717, 1.165) is 17.9 Å². The van der Waals surface area contributed by atoms with E-state index in [0.29, 0.717) is 6.54 Å². The Morgan fingerprint density at radius 3 is 2.69 bits per heavy atom. The third-order valence-electron chi connectivity index (χ3n) is 3.41. The van der Waals surface area contributed by atoms with E-state index >= 15 is 0 Å². The van der Waals surface area contributed by atoms with Gasteiger partial charge in [0.2, 0.25) is 0 Å². The van der Waals surface area contributed by atoms with Gasteiger partial charge in [0.1, 0.15) is 0 Å². The van der Waals surface area contributed by atoms with Gasteiger partial charge in [0.15, 0.2) is 0 Å². The molecule has 0 spiro atoms. The molecule has 88 valence electrons. The molecule has 1 fully saturated rings. The Morgan fingerprint density at radius 2 is 2.06 bits per heavy atom. The van der Waals surface area contributed by atoms with E-state index < -0.39 is 0 Å². The summed E-state index contributed by atoms with van der Waals surface area (Å²) in [7, 11) is 0. The summed E-state index contributed by atoms with van der Waals surface area (Å²) in [6.45, 7) is 0.828. The Balaban J connectivity index is 2.24. The fraction of sp³-hybridized carbons (Fsp3) is 0.538. The predicted octanol–water partition coefficient (Wildman–Crippen LogP) is 2.69. The fourth-order valence-electron chi connectivity index (χ4n) is 2.63. The second-order valence-corrected chi connectivity index (χ2v) is 4.89. The molecule has 1 aromatic rings. The number of halogens is 1. The van der Waals surface area contributed by atoms with Crippen LogP contribution in [0.5, 0.6) is 0 Å². The highest BCUT2D eigenvalue weighted by molar-refractivity contribution is 6.30. The Morgan fingerprint density at radius 1 is 1.31 bits per heavy atom. The van der Waals surface area contributed by atoms with Crippen molar-refractivity contribution in [2.75, 3.05) is 13.2 Å². The molecule has 0 aliphatic heterocycles. The van der Waals surface area contributed by atoms with Crippen LogP contribution < -0.4 is 5.32 Å². The summed E-state index contributed by atoms with van der Waals surface area (Å²) in [5.74, 6) is 0. The van der Waals surface area contributed by atoms with E-state index in [9.17, 15) is 0 Å². The molecule has 2 nitrogen and oxygen atoms in total. The molecule has 0 radical (unpaired) electrons. The first-order valence-corrected chi connectivity index (χ1v) is 6.27. The molecular weight excluding hydrogens is 222 g/mol. The zero-order chi connectivity index (χ0) is 11.4. The normalized spacial score (nSPS) is 18.9. The molecule has 2 N–H and O–H groups in total. The first-order chi connectivity index (χ1) is 7.77. The van der Waals surface area contributed by atoms with Gasteiger partial charge in [-0.3, -0.25) is 0 Å². The first-order valence-electron chi connectivity index (χ1n) is 5.89. The van der Waals surface area contributed by atoms with Gasteiger partial charge in [0.25, 0.3) is 0 Å². The summed E-state index contributed by atoms with van der Waals surface area (Å²) >= 11 is 6.04. The van der Waals surface area contributed by atoms with Crippen molar-refractivity contribution >= 4 is 11.6 Å². The van der Waals surface area contributed by atoms with Crippen molar-refractivity contribution in [3.8, 4) is 0 Å². The number of rotatable bonds is 4. The first kappa shape index (κ1) is 11.9. The minimum absolute atomic E-state index is 0.0353. The molecule has 0 aromatic heterocycles. The lowest BCUT2D eigenvalue weighted by molar-refractivity contribution is 0.253. The number of hydrogen-bond donors (Lipinski definition) is 2. The molecule has 1 aromatic carbocycles. The van der Waals surface area contributed by atoms with Crippen LogP contribution in [0.1, 0.15) is 31.2 Å². The number of nitrogens with one attached hydrogen (secondary N) is 1. The highest BCUT2D eigenvalue weighted by Crippen LogP contribution is 2.39. The number of aliphatic hydroxyl groups is 1. The van der Waals surface area contributed by atoms with E-state index in [1.165, 1.54) is 18.4 Å². The maximum atomic E-state index is 8.95. The van der Waals surface area contributed by atoms with Gasteiger partial charge in [-0.15, -0.1) is 0 Å². The Labute approximate surface area is 102 Å². The van der Waals surface area contributed by atoms with E-state index in [1.54, 1.807) is 0 Å². The molecule has 3 heteroatoms. The van der Waals surface area contributed by atoms with Crippen LogP contribution in [0, 0.1) is 0 Å². The summed E-state index contributed by atoms with van der Waals surface area (Å²) in [6.07, 6.45) is 4.75. The summed E-state index contributed by atoms with van der Waals surface area (Å²) < 4.78 is 0. The van der Waals surface area contributed by atoms with Crippen LogP contribution in [0.2, 0.25) is 5.02 Å². The van der Waals surface area contributed by atoms with Crippen LogP contribution >= 0.6 is 11.6 Å². The van der Waals surface area contributed by atoms with Crippen LogP contribution in [-0.4, -0.2) is 18.3 Å². The van der Waals surface area contributed by atoms with Crippen molar-refractivity contribution in [2.45, 2.75) is 31.2 Å². The van der Waals surface area contributed by atoms with E-state index in [1.807, 2.05) is 18.2 Å². The van der Waals surface area contributed by atoms with Gasteiger partial charge < -0.3 is 10.4 Å². The Kier molecular flexibility index (Phi) is 3.85. The summed E-state index contributed by atoms with van der Waals surface area (Å²) in [4.78, 5) is 0. The molecule has 1 aliphatic rings. The lowest BCUT2D eigenvalue weighted by atomic mass is 9.88. The molecule has 0 unspecified atom stereocenters. The van der Waals surface area contributed by atoms with Gasteiger partial charge in [-0.05, 0) is 30.5 Å². The third kappa shape index (κ3) is 2.40. The summed E-state index contributed by atoms with van der Waals surface area (Å²) in [5, 5.41) is 13.2. The minimum atomic E-state index is 0.0353. The van der Waals surface area contributed by atoms with Gasteiger partial charge in [0.05, 0.1) is 6.61 Å². The van der Waals surface area contributed by atoms with Gasteiger partial charge in [-0.25, -0.2) is 0 Å². The average Bonchev–Trinajstić information content (AvgIpc) is 2.76. The number of aliphatic hydroxyl groups excluding tert-OH is 1. The van der Waals surface area contributed by atoms with Crippen LogP contribution in [0.25, 0.3) is 0 Å². The zero-order valence-corrected chi connectivity index (χ0v) is 10.1. The van der Waals surface area contributed by atoms with Gasteiger partial charge in [0, 0.05) is 17.1 Å². The van der Waals surface area contributed by atoms with Crippen molar-refractivity contribution in [1.82, 2.24) is 5.32 Å². The monoisotopic (exact) mass is 239 g/mol. The minimum Gasteiger partial charge on any atom is -0.395 e. The number of hydrogen-bond acceptors (Lipinski definition) is 2. The van der Waals surface area contributed by atoms with Crippen molar-refractivity contribution in [3.63, 3.8) is 0 Å². The Hall–Kier alpha value is -0.570. The molecule has 0 heterocycles. The van der Waals surface area contributed by atoms with Crippen LogP contribution in [0.3, 0.4) is 0 Å². The zero-order valence-electron chi connectivity index (χ0n) is 9.38. The summed E-state index contributed by atoms with van der Waals surface area (Å²) in [6, 6.07) is 8.07. The van der Waals surface area contributed by atoms with Gasteiger partial charge >= 0.3 is 0 Å². The quantitative estimate of drug-likeness (QED) is 0.847. The van der Waals surface area contributed by atoms with Gasteiger partial charge in [-0.2, -0.15) is 0 Å². The van der Waals surface area contributed by atoms with Crippen molar-refractivity contribution in [2.24, 2.45) is 0 Å². The molecule has 2 rings (SSSR count). The maximum absolute atomic E-state index is 8.95. The number of benzene rings is 1. The largest absolute Gasteiger partial charge is 0.395 e. The standard InChI is InChI=1S/C13H18ClNO/c14-12-5-3-4-11(10-12)13(15-8-9-16)6-1-2-7-13/h3-5,10,15-16H,1-2,6-9H2. The van der Waals surface area contributed by atoms with Crippen LogP contribution in [0.15, 0.2) is 24.3 Å². The van der Waals surface area contributed by atoms with Crippen molar-refractivity contribution in [1.29, 1.82) is 0 Å². The van der Waals surface area contributed by atoms with Crippen LogP contribution in [-0.2, 0) is 5.54 Å². The highest BCUT2D eigenvalue weighted by atomic mass is 35.5. The highest BCUT2D eigenvalue weighted by Gasteiger charge is 2.34.